The standard InChI is InChI=1S/C31H35F3N4O5/c1-17-14-37(15-18(2)43-17)27(39)21-6-8-22(9-7-21)35-19(3)23-12-24-26(13-25(23)31(32,33)34)36-20(4)38(28(24)40)16-30(10-11-30)29(41)42-5/h6-9,12-13,17-19,35H,10-11,14-16H2,1-5H3/t17-,18+,19-/m0/s1. The molecule has 0 radical (unpaired) electrons. The van der Waals surface area contributed by atoms with Crippen LogP contribution in [0.15, 0.2) is 41.2 Å². The highest BCUT2D eigenvalue weighted by molar-refractivity contribution is 5.94. The smallest absolute Gasteiger partial charge is 0.416 e. The van der Waals surface area contributed by atoms with Gasteiger partial charge in [-0.1, -0.05) is 0 Å². The average molecular weight is 601 g/mol. The van der Waals surface area contributed by atoms with Crippen molar-refractivity contribution in [1.29, 1.82) is 0 Å². The van der Waals surface area contributed by atoms with Crippen molar-refractivity contribution in [2.45, 2.75) is 71.5 Å². The molecule has 230 valence electrons. The van der Waals surface area contributed by atoms with Crippen molar-refractivity contribution in [2.24, 2.45) is 5.41 Å². The molecule has 9 nitrogen and oxygen atoms in total. The highest BCUT2D eigenvalue weighted by Crippen LogP contribution is 2.48. The topological polar surface area (TPSA) is 103 Å². The molecule has 1 amide bonds. The third kappa shape index (κ3) is 6.11. The number of aryl methyl sites for hydroxylation is 1. The third-order valence-electron chi connectivity index (χ3n) is 8.24. The van der Waals surface area contributed by atoms with Gasteiger partial charge in [-0.2, -0.15) is 13.2 Å². The minimum absolute atomic E-state index is 0.0258. The fraction of sp³-hybridized carbons (Fsp3) is 0.484. The Morgan fingerprint density at radius 2 is 1.77 bits per heavy atom. The molecule has 1 saturated carbocycles. The number of nitrogens with one attached hydrogen (secondary N) is 1. The van der Waals surface area contributed by atoms with Crippen LogP contribution in [0.25, 0.3) is 10.9 Å². The molecule has 0 bridgehead atoms. The lowest BCUT2D eigenvalue weighted by molar-refractivity contribution is -0.147. The van der Waals surface area contributed by atoms with E-state index >= 15 is 0 Å². The minimum Gasteiger partial charge on any atom is -0.469 e. The van der Waals surface area contributed by atoms with E-state index in [0.717, 1.165) is 6.07 Å². The number of anilines is 1. The van der Waals surface area contributed by atoms with Crippen LogP contribution in [0.4, 0.5) is 18.9 Å². The van der Waals surface area contributed by atoms with E-state index in [4.69, 9.17) is 9.47 Å². The second-order valence-electron chi connectivity index (χ2n) is 11.7. The molecule has 3 aromatic rings. The van der Waals surface area contributed by atoms with Gasteiger partial charge in [0.25, 0.3) is 11.5 Å². The number of esters is 1. The fourth-order valence-electron chi connectivity index (χ4n) is 5.85. The maximum Gasteiger partial charge on any atom is 0.416 e. The zero-order valence-electron chi connectivity index (χ0n) is 24.7. The Kier molecular flexibility index (Phi) is 8.02. The number of hydrogen-bond donors (Lipinski definition) is 1. The monoisotopic (exact) mass is 600 g/mol. The Morgan fingerprint density at radius 1 is 1.14 bits per heavy atom. The second-order valence-corrected chi connectivity index (χ2v) is 11.7. The molecule has 2 heterocycles. The highest BCUT2D eigenvalue weighted by atomic mass is 19.4. The van der Waals surface area contributed by atoms with Gasteiger partial charge in [0.05, 0.1) is 41.2 Å². The first-order chi connectivity index (χ1) is 20.2. The van der Waals surface area contributed by atoms with Crippen molar-refractivity contribution < 1.29 is 32.2 Å². The number of nitrogens with zero attached hydrogens (tertiary/aromatic N) is 3. The molecule has 1 aliphatic carbocycles. The largest absolute Gasteiger partial charge is 0.469 e. The summed E-state index contributed by atoms with van der Waals surface area (Å²) in [4.78, 5) is 44.9. The van der Waals surface area contributed by atoms with Gasteiger partial charge in [0.15, 0.2) is 0 Å². The van der Waals surface area contributed by atoms with Crippen LogP contribution in [0.1, 0.15) is 67.0 Å². The van der Waals surface area contributed by atoms with Gasteiger partial charge < -0.3 is 19.7 Å². The van der Waals surface area contributed by atoms with Crippen molar-refractivity contribution in [1.82, 2.24) is 14.5 Å². The number of hydrogen-bond acceptors (Lipinski definition) is 7. The Balaban J connectivity index is 1.44. The quantitative estimate of drug-likeness (QED) is 0.377. The van der Waals surface area contributed by atoms with Crippen molar-refractivity contribution in [3.8, 4) is 0 Å². The van der Waals surface area contributed by atoms with Gasteiger partial charge in [-0.15, -0.1) is 0 Å². The SMILES string of the molecule is COC(=O)C1(Cn2c(C)nc3cc(C(F)(F)F)c([C@H](C)Nc4ccc(C(=O)N5C[C@@H](C)O[C@@H](C)C5)cc4)cc3c2=O)CC1. The minimum atomic E-state index is -4.70. The molecule has 1 aliphatic heterocycles. The molecule has 1 saturated heterocycles. The highest BCUT2D eigenvalue weighted by Gasteiger charge is 2.51. The summed E-state index contributed by atoms with van der Waals surface area (Å²) in [6.45, 7) is 7.92. The van der Waals surface area contributed by atoms with E-state index in [1.165, 1.54) is 24.7 Å². The first-order valence-electron chi connectivity index (χ1n) is 14.2. The molecular formula is C31H35F3N4O5. The molecule has 12 heteroatoms. The van der Waals surface area contributed by atoms with E-state index in [9.17, 15) is 27.6 Å². The van der Waals surface area contributed by atoms with Crippen molar-refractivity contribution >= 4 is 28.5 Å². The van der Waals surface area contributed by atoms with Crippen molar-refractivity contribution in [3.63, 3.8) is 0 Å². The predicted molar refractivity (Wildman–Crippen MR) is 154 cm³/mol. The maximum absolute atomic E-state index is 14.2. The Morgan fingerprint density at radius 3 is 2.33 bits per heavy atom. The van der Waals surface area contributed by atoms with E-state index in [0.29, 0.717) is 37.2 Å². The normalized spacial score (nSPS) is 20.5. The van der Waals surface area contributed by atoms with E-state index in [1.54, 1.807) is 36.1 Å². The Bertz CT molecular complexity index is 1600. The van der Waals surface area contributed by atoms with E-state index in [-0.39, 0.29) is 47.0 Å². The fourth-order valence-corrected chi connectivity index (χ4v) is 5.85. The van der Waals surface area contributed by atoms with Crippen LogP contribution in [-0.4, -0.2) is 58.7 Å². The van der Waals surface area contributed by atoms with Crippen LogP contribution in [0.2, 0.25) is 0 Å². The zero-order chi connectivity index (χ0) is 31.3. The first kappa shape index (κ1) is 30.5. The molecule has 43 heavy (non-hydrogen) atoms. The summed E-state index contributed by atoms with van der Waals surface area (Å²) in [6.07, 6.45) is -3.75. The molecule has 0 spiro atoms. The van der Waals surface area contributed by atoms with Crippen LogP contribution in [0.5, 0.6) is 0 Å². The summed E-state index contributed by atoms with van der Waals surface area (Å²) in [7, 11) is 1.28. The van der Waals surface area contributed by atoms with Gasteiger partial charge in [-0.3, -0.25) is 19.0 Å². The predicted octanol–water partition coefficient (Wildman–Crippen LogP) is 5.10. The molecule has 2 aliphatic rings. The summed E-state index contributed by atoms with van der Waals surface area (Å²) in [5.41, 5.74) is -1.47. The maximum atomic E-state index is 14.2. The number of benzene rings is 2. The summed E-state index contributed by atoms with van der Waals surface area (Å²) < 4.78 is 54.7. The number of halogens is 3. The van der Waals surface area contributed by atoms with Crippen LogP contribution < -0.4 is 10.9 Å². The molecule has 1 N–H and O–H groups in total. The first-order valence-corrected chi connectivity index (χ1v) is 14.2. The number of fused-ring (bicyclic) bond motifs is 1. The third-order valence-corrected chi connectivity index (χ3v) is 8.24. The van der Waals surface area contributed by atoms with Gasteiger partial charge in [-0.05, 0) is 82.5 Å². The molecule has 2 fully saturated rings. The number of alkyl halides is 3. The van der Waals surface area contributed by atoms with Gasteiger partial charge >= 0.3 is 12.1 Å². The van der Waals surface area contributed by atoms with Gasteiger partial charge in [0.2, 0.25) is 0 Å². The Hall–Kier alpha value is -3.93. The lowest BCUT2D eigenvalue weighted by atomic mass is 9.97. The number of aromatic nitrogens is 2. The number of carbonyl (C=O) groups excluding carboxylic acids is 2. The van der Waals surface area contributed by atoms with E-state index < -0.39 is 34.7 Å². The molecule has 2 aromatic carbocycles. The van der Waals surface area contributed by atoms with Crippen LogP contribution >= 0.6 is 0 Å². The summed E-state index contributed by atoms with van der Waals surface area (Å²) in [6, 6.07) is 7.83. The molecular weight excluding hydrogens is 565 g/mol. The van der Waals surface area contributed by atoms with Crippen LogP contribution in [-0.2, 0) is 27.0 Å². The number of amides is 1. The number of morpholine rings is 1. The van der Waals surface area contributed by atoms with Crippen LogP contribution in [0, 0.1) is 12.3 Å². The summed E-state index contributed by atoms with van der Waals surface area (Å²) in [5.74, 6) is -0.350. The lowest BCUT2D eigenvalue weighted by Gasteiger charge is -2.35. The number of methoxy groups -OCH3 is 1. The van der Waals surface area contributed by atoms with E-state index in [2.05, 4.69) is 10.3 Å². The van der Waals surface area contributed by atoms with Gasteiger partial charge in [-0.25, -0.2) is 4.98 Å². The molecule has 1 aromatic heterocycles. The second kappa shape index (κ2) is 11.3. The molecule has 5 rings (SSSR count). The van der Waals surface area contributed by atoms with Crippen LogP contribution in [0.3, 0.4) is 0 Å². The number of rotatable bonds is 7. The molecule has 0 unspecified atom stereocenters. The molecule has 3 atom stereocenters. The zero-order valence-corrected chi connectivity index (χ0v) is 24.7. The lowest BCUT2D eigenvalue weighted by Crippen LogP contribution is -2.48. The number of carbonyl (C=O) groups is 2. The van der Waals surface area contributed by atoms with E-state index in [1.807, 2.05) is 13.8 Å². The Labute approximate surface area is 247 Å². The van der Waals surface area contributed by atoms with Gasteiger partial charge in [0.1, 0.15) is 5.82 Å². The number of ether oxygens (including phenoxy) is 2. The van der Waals surface area contributed by atoms with Crippen molar-refractivity contribution in [2.75, 3.05) is 25.5 Å². The summed E-state index contributed by atoms with van der Waals surface area (Å²) in [5, 5.41) is 3.10. The summed E-state index contributed by atoms with van der Waals surface area (Å²) >= 11 is 0. The average Bonchev–Trinajstić information content (AvgIpc) is 3.74. The van der Waals surface area contributed by atoms with Gasteiger partial charge in [0, 0.05) is 36.9 Å². The van der Waals surface area contributed by atoms with Crippen molar-refractivity contribution in [3.05, 3.63) is 69.3 Å².